The zero-order valence-electron chi connectivity index (χ0n) is 9.11. The van der Waals surface area contributed by atoms with Crippen molar-refractivity contribution in [3.8, 4) is 11.3 Å². The highest BCUT2D eigenvalue weighted by atomic mass is 19.1. The number of anilines is 1. The van der Waals surface area contributed by atoms with Gasteiger partial charge < -0.3 is 5.32 Å². The Morgan fingerprint density at radius 2 is 2.06 bits per heavy atom. The van der Waals surface area contributed by atoms with Gasteiger partial charge in [-0.25, -0.2) is 18.7 Å². The Bertz CT molecular complexity index is 531. The number of pyridine rings is 1. The molecule has 0 spiro atoms. The molecule has 2 aromatic rings. The largest absolute Gasteiger partial charge is 0.354 e. The summed E-state index contributed by atoms with van der Waals surface area (Å²) in [5.74, 6) is -1.02. The molecule has 2 aromatic heterocycles. The summed E-state index contributed by atoms with van der Waals surface area (Å²) in [6.45, 7) is 2.46. The summed E-state index contributed by atoms with van der Waals surface area (Å²) in [5.41, 5.74) is -0.00472. The first-order chi connectivity index (χ1) is 8.22. The van der Waals surface area contributed by atoms with Crippen molar-refractivity contribution in [3.05, 3.63) is 36.3 Å². The Hall–Kier alpha value is -2.11. The van der Waals surface area contributed by atoms with Crippen LogP contribution in [0, 0.1) is 11.6 Å². The second kappa shape index (κ2) is 4.82. The van der Waals surface area contributed by atoms with Crippen LogP contribution in [0.4, 0.5) is 14.7 Å². The Labute approximate surface area is 96.8 Å². The smallest absolute Gasteiger partial charge is 0.223 e. The summed E-state index contributed by atoms with van der Waals surface area (Å²) < 4.78 is 27.0. The molecule has 0 fully saturated rings. The highest BCUT2D eigenvalue weighted by molar-refractivity contribution is 5.60. The molecule has 0 aromatic carbocycles. The van der Waals surface area contributed by atoms with Gasteiger partial charge in [0.05, 0.1) is 12.4 Å². The van der Waals surface area contributed by atoms with Crippen molar-refractivity contribution in [3.63, 3.8) is 0 Å². The lowest BCUT2D eigenvalue weighted by Crippen LogP contribution is -2.04. The molecule has 0 amide bonds. The first kappa shape index (κ1) is 11.4. The number of nitrogens with one attached hydrogen (secondary N) is 1. The molecule has 0 radical (unpaired) electrons. The summed E-state index contributed by atoms with van der Waals surface area (Å²) >= 11 is 0. The van der Waals surface area contributed by atoms with Crippen LogP contribution in [0.15, 0.2) is 24.7 Å². The maximum atomic E-state index is 13.5. The number of hydrogen-bond donors (Lipinski definition) is 1. The Kier molecular flexibility index (Phi) is 3.22. The van der Waals surface area contributed by atoms with Gasteiger partial charge in [-0.1, -0.05) is 0 Å². The van der Waals surface area contributed by atoms with Gasteiger partial charge in [-0.2, -0.15) is 0 Å². The van der Waals surface area contributed by atoms with E-state index in [1.807, 2.05) is 6.92 Å². The molecule has 0 aliphatic carbocycles. The quantitative estimate of drug-likeness (QED) is 0.888. The van der Waals surface area contributed by atoms with E-state index >= 15 is 0 Å². The standard InChI is InChI=1S/C11H10F2N4/c1-2-15-11-16-6-9(13)10(17-11)7-3-4-14-5-8(7)12/h3-6H,2H2,1H3,(H,15,16,17). The summed E-state index contributed by atoms with van der Waals surface area (Å²) in [6.07, 6.45) is 3.41. The fraction of sp³-hybridized carbons (Fsp3) is 0.182. The number of rotatable bonds is 3. The molecule has 0 aliphatic rings. The van der Waals surface area contributed by atoms with Crippen LogP contribution in [0.25, 0.3) is 11.3 Å². The maximum Gasteiger partial charge on any atom is 0.223 e. The number of nitrogens with zero attached hydrogens (tertiary/aromatic N) is 3. The maximum absolute atomic E-state index is 13.5. The molecule has 0 unspecified atom stereocenters. The number of halogens is 2. The normalized spacial score (nSPS) is 10.3. The second-order valence-electron chi connectivity index (χ2n) is 3.28. The van der Waals surface area contributed by atoms with Gasteiger partial charge in [-0.3, -0.25) is 4.98 Å². The Morgan fingerprint density at radius 3 is 2.76 bits per heavy atom. The minimum atomic E-state index is -0.670. The van der Waals surface area contributed by atoms with Crippen LogP contribution in [0.1, 0.15) is 6.92 Å². The molecule has 6 heteroatoms. The molecule has 17 heavy (non-hydrogen) atoms. The number of hydrogen-bond acceptors (Lipinski definition) is 4. The van der Waals surface area contributed by atoms with Crippen molar-refractivity contribution in [2.45, 2.75) is 6.92 Å². The molecule has 88 valence electrons. The van der Waals surface area contributed by atoms with Crippen LogP contribution in [-0.2, 0) is 0 Å². The highest BCUT2D eigenvalue weighted by Gasteiger charge is 2.13. The van der Waals surface area contributed by atoms with E-state index < -0.39 is 11.6 Å². The zero-order valence-corrected chi connectivity index (χ0v) is 9.11. The van der Waals surface area contributed by atoms with E-state index in [0.717, 1.165) is 12.4 Å². The van der Waals surface area contributed by atoms with Crippen LogP contribution in [0.2, 0.25) is 0 Å². The van der Waals surface area contributed by atoms with Gasteiger partial charge in [0.15, 0.2) is 11.6 Å². The monoisotopic (exact) mass is 236 g/mol. The SMILES string of the molecule is CCNc1ncc(F)c(-c2ccncc2F)n1. The first-order valence-corrected chi connectivity index (χ1v) is 5.08. The minimum absolute atomic E-state index is 0.0686. The van der Waals surface area contributed by atoms with Crippen LogP contribution in [-0.4, -0.2) is 21.5 Å². The van der Waals surface area contributed by atoms with Gasteiger partial charge in [0.1, 0.15) is 5.69 Å². The molecule has 0 aliphatic heterocycles. The molecule has 2 heterocycles. The molecule has 0 saturated carbocycles. The van der Waals surface area contributed by atoms with Crippen LogP contribution in [0.5, 0.6) is 0 Å². The molecule has 0 bridgehead atoms. The van der Waals surface area contributed by atoms with Gasteiger partial charge in [-0.05, 0) is 13.0 Å². The minimum Gasteiger partial charge on any atom is -0.354 e. The van der Waals surface area contributed by atoms with E-state index in [1.165, 1.54) is 12.3 Å². The topological polar surface area (TPSA) is 50.7 Å². The van der Waals surface area contributed by atoms with Crippen LogP contribution < -0.4 is 5.32 Å². The third-order valence-electron chi connectivity index (χ3n) is 2.11. The van der Waals surface area contributed by atoms with Crippen molar-refractivity contribution in [2.75, 3.05) is 11.9 Å². The number of aromatic nitrogens is 3. The van der Waals surface area contributed by atoms with Gasteiger partial charge in [0, 0.05) is 18.3 Å². The Morgan fingerprint density at radius 1 is 1.24 bits per heavy atom. The average molecular weight is 236 g/mol. The van der Waals surface area contributed by atoms with E-state index in [9.17, 15) is 8.78 Å². The average Bonchev–Trinajstić information content (AvgIpc) is 2.33. The molecule has 4 nitrogen and oxygen atoms in total. The van der Waals surface area contributed by atoms with Crippen LogP contribution >= 0.6 is 0 Å². The third-order valence-corrected chi connectivity index (χ3v) is 2.11. The van der Waals surface area contributed by atoms with Crippen molar-refractivity contribution in [2.24, 2.45) is 0 Å². The summed E-state index contributed by atoms with van der Waals surface area (Å²) in [4.78, 5) is 11.3. The van der Waals surface area contributed by atoms with E-state index in [0.29, 0.717) is 6.54 Å². The first-order valence-electron chi connectivity index (χ1n) is 5.08. The zero-order chi connectivity index (χ0) is 12.3. The predicted molar refractivity (Wildman–Crippen MR) is 59.3 cm³/mol. The second-order valence-corrected chi connectivity index (χ2v) is 3.28. The summed E-state index contributed by atoms with van der Waals surface area (Å²) in [5, 5.41) is 2.84. The van der Waals surface area contributed by atoms with Crippen molar-refractivity contribution in [1.29, 1.82) is 0 Å². The molecule has 2 rings (SSSR count). The van der Waals surface area contributed by atoms with Gasteiger partial charge in [0.25, 0.3) is 0 Å². The van der Waals surface area contributed by atoms with Crippen molar-refractivity contribution < 1.29 is 8.78 Å². The van der Waals surface area contributed by atoms with E-state index in [-0.39, 0.29) is 17.2 Å². The van der Waals surface area contributed by atoms with Crippen LogP contribution in [0.3, 0.4) is 0 Å². The van der Waals surface area contributed by atoms with E-state index in [1.54, 1.807) is 0 Å². The lowest BCUT2D eigenvalue weighted by atomic mass is 10.2. The van der Waals surface area contributed by atoms with E-state index in [2.05, 4.69) is 20.3 Å². The van der Waals surface area contributed by atoms with E-state index in [4.69, 9.17) is 0 Å². The Balaban J connectivity index is 2.51. The summed E-state index contributed by atoms with van der Waals surface area (Å²) in [7, 11) is 0. The lowest BCUT2D eigenvalue weighted by Gasteiger charge is -2.06. The molecule has 1 N–H and O–H groups in total. The summed E-state index contributed by atoms with van der Waals surface area (Å²) in [6, 6.07) is 1.37. The van der Waals surface area contributed by atoms with Gasteiger partial charge in [-0.15, -0.1) is 0 Å². The fourth-order valence-electron chi connectivity index (χ4n) is 1.37. The van der Waals surface area contributed by atoms with Crippen molar-refractivity contribution in [1.82, 2.24) is 15.0 Å². The third kappa shape index (κ3) is 2.35. The highest BCUT2D eigenvalue weighted by Crippen LogP contribution is 2.23. The molecule has 0 saturated heterocycles. The predicted octanol–water partition coefficient (Wildman–Crippen LogP) is 2.25. The van der Waals surface area contributed by atoms with Crippen molar-refractivity contribution >= 4 is 5.95 Å². The molecular formula is C11H10F2N4. The fourth-order valence-corrected chi connectivity index (χ4v) is 1.37. The van der Waals surface area contributed by atoms with Gasteiger partial charge in [0.2, 0.25) is 5.95 Å². The molecule has 0 atom stereocenters. The lowest BCUT2D eigenvalue weighted by molar-refractivity contribution is 0.604. The molecular weight excluding hydrogens is 226 g/mol. The van der Waals surface area contributed by atoms with Gasteiger partial charge >= 0.3 is 0 Å².